The van der Waals surface area contributed by atoms with Gasteiger partial charge < -0.3 is 26.8 Å². The number of benzene rings is 3. The Balaban J connectivity index is 0.00000245. The first-order chi connectivity index (χ1) is 15.0. The summed E-state index contributed by atoms with van der Waals surface area (Å²) in [6, 6.07) is 22.3. The molecule has 0 saturated heterocycles. The Morgan fingerprint density at radius 1 is 0.969 bits per heavy atom. The third-order valence-corrected chi connectivity index (χ3v) is 6.38. The molecule has 0 spiro atoms. The van der Waals surface area contributed by atoms with E-state index in [2.05, 4.69) is 31.6 Å². The van der Waals surface area contributed by atoms with E-state index in [9.17, 15) is 13.9 Å². The van der Waals surface area contributed by atoms with Crippen LogP contribution in [0.4, 0.5) is 20.2 Å². The summed E-state index contributed by atoms with van der Waals surface area (Å²) >= 11 is 3.48. The molecule has 0 bridgehead atoms. The Labute approximate surface area is 203 Å². The molecule has 3 aromatic rings. The number of anilines is 1. The number of ether oxygens (including phenoxy) is 1. The first-order valence-electron chi connectivity index (χ1n) is 10.0. The van der Waals surface area contributed by atoms with Crippen molar-refractivity contribution in [1.82, 2.24) is 0 Å². The van der Waals surface area contributed by atoms with Crippen molar-refractivity contribution in [3.05, 3.63) is 88.4 Å². The highest BCUT2D eigenvalue weighted by Gasteiger charge is 2.54. The van der Waals surface area contributed by atoms with E-state index in [0.717, 1.165) is 34.5 Å². The fourth-order valence-corrected chi connectivity index (χ4v) is 4.74. The number of para-hydroxylation sites is 1. The molecule has 0 aliphatic carbocycles. The van der Waals surface area contributed by atoms with Gasteiger partial charge in [-0.1, -0.05) is 34.1 Å². The second-order valence-electron chi connectivity index (χ2n) is 7.66. The van der Waals surface area contributed by atoms with Gasteiger partial charge in [0.25, 0.3) is 11.6 Å². The number of β-amino-alcohol motifs (C(OH)–C–C–N with tert-alkyl or cyclic N) is 1. The predicted octanol–water partition coefficient (Wildman–Crippen LogP) is 2.41. The maximum atomic E-state index is 12.6. The summed E-state index contributed by atoms with van der Waals surface area (Å²) < 4.78 is 32.6. The summed E-state index contributed by atoms with van der Waals surface area (Å²) in [7, 11) is 0. The molecule has 0 amide bonds. The largest absolute Gasteiger partial charge is 1.00 e. The lowest BCUT2D eigenvalue weighted by atomic mass is 9.98. The molecule has 32 heavy (non-hydrogen) atoms. The molecule has 8 heteroatoms. The maximum Gasteiger partial charge on any atom is 0.387 e. The molecule has 1 N–H and O–H groups in total. The Kier molecular flexibility index (Phi) is 6.38. The molecule has 2 aliphatic heterocycles. The van der Waals surface area contributed by atoms with Crippen molar-refractivity contribution in [2.24, 2.45) is 0 Å². The highest BCUT2D eigenvalue weighted by atomic mass is 79.9. The highest BCUT2D eigenvalue weighted by molar-refractivity contribution is 9.10. The number of aliphatic hydroxyl groups is 1. The van der Waals surface area contributed by atoms with Crippen molar-refractivity contribution in [1.29, 1.82) is 0 Å². The van der Waals surface area contributed by atoms with Crippen molar-refractivity contribution in [3.63, 3.8) is 0 Å². The van der Waals surface area contributed by atoms with E-state index < -0.39 is 12.3 Å². The number of fused-ring (bicyclic) bond motifs is 2. The van der Waals surface area contributed by atoms with Gasteiger partial charge in [0, 0.05) is 10.0 Å². The minimum absolute atomic E-state index is 0. The van der Waals surface area contributed by atoms with E-state index >= 15 is 0 Å². The zero-order valence-electron chi connectivity index (χ0n) is 16.9. The van der Waals surface area contributed by atoms with E-state index in [-0.39, 0.29) is 22.7 Å². The van der Waals surface area contributed by atoms with Gasteiger partial charge in [-0.3, -0.25) is 0 Å². The molecule has 0 fully saturated rings. The van der Waals surface area contributed by atoms with Crippen LogP contribution in [0.5, 0.6) is 5.75 Å². The van der Waals surface area contributed by atoms with Crippen LogP contribution in [0, 0.1) is 0 Å². The summed E-state index contributed by atoms with van der Waals surface area (Å²) in [6.07, 6.45) is 1.66. The van der Waals surface area contributed by atoms with Gasteiger partial charge in [0.1, 0.15) is 17.1 Å². The van der Waals surface area contributed by atoms with E-state index in [4.69, 9.17) is 0 Å². The molecule has 3 aromatic carbocycles. The fourth-order valence-electron chi connectivity index (χ4n) is 4.47. The minimum Gasteiger partial charge on any atom is -1.00 e. The Bertz CT molecular complexity index is 1150. The predicted molar refractivity (Wildman–Crippen MR) is 118 cm³/mol. The van der Waals surface area contributed by atoms with E-state index in [1.165, 1.54) is 17.7 Å². The van der Waals surface area contributed by atoms with Gasteiger partial charge in [-0.2, -0.15) is 13.4 Å². The minimum atomic E-state index is -2.89. The number of halogens is 4. The lowest BCUT2D eigenvalue weighted by Crippen LogP contribution is -3.00. The molecule has 4 nitrogen and oxygen atoms in total. The SMILES string of the molecule is OC1(c2ccc(OC(F)F)cc2)CN(c2ccc(Br)cc2)C2=[N+]1c1ccccc1CC2.[Br-]. The van der Waals surface area contributed by atoms with Crippen LogP contribution in [-0.2, 0) is 12.1 Å². The topological polar surface area (TPSA) is 35.7 Å². The molecule has 2 aliphatic rings. The normalized spacial score (nSPS) is 19.5. The Morgan fingerprint density at radius 3 is 2.34 bits per heavy atom. The third-order valence-electron chi connectivity index (χ3n) is 5.85. The number of rotatable bonds is 4. The van der Waals surface area contributed by atoms with Gasteiger partial charge in [-0.15, -0.1) is 0 Å². The maximum absolute atomic E-state index is 12.6. The monoisotopic (exact) mass is 564 g/mol. The van der Waals surface area contributed by atoms with Gasteiger partial charge in [-0.05, 0) is 66.6 Å². The van der Waals surface area contributed by atoms with Gasteiger partial charge >= 0.3 is 6.61 Å². The summed E-state index contributed by atoms with van der Waals surface area (Å²) in [6.45, 7) is -2.57. The average molecular weight is 566 g/mol. The van der Waals surface area contributed by atoms with E-state index in [1.54, 1.807) is 12.1 Å². The van der Waals surface area contributed by atoms with Gasteiger partial charge in [0.15, 0.2) is 6.54 Å². The molecule has 5 rings (SSSR count). The summed E-state index contributed by atoms with van der Waals surface area (Å²) in [5.41, 5.74) is 2.36. The summed E-state index contributed by atoms with van der Waals surface area (Å²) in [5.74, 6) is 1.07. The smallest absolute Gasteiger partial charge is 0.387 e. The molecule has 166 valence electrons. The van der Waals surface area contributed by atoms with Crippen molar-refractivity contribution in [2.45, 2.75) is 25.2 Å². The highest BCUT2D eigenvalue weighted by Crippen LogP contribution is 2.42. The van der Waals surface area contributed by atoms with Crippen molar-refractivity contribution >= 4 is 33.1 Å². The fraction of sp³-hybridized carbons (Fsp3) is 0.208. The van der Waals surface area contributed by atoms with Crippen molar-refractivity contribution < 1.29 is 40.2 Å². The first kappa shape index (κ1) is 22.9. The molecule has 1 unspecified atom stereocenters. The van der Waals surface area contributed by atoms with Gasteiger partial charge in [0.05, 0.1) is 6.42 Å². The van der Waals surface area contributed by atoms with Crippen LogP contribution in [0.2, 0.25) is 0 Å². The summed E-state index contributed by atoms with van der Waals surface area (Å²) in [4.78, 5) is 2.13. The van der Waals surface area contributed by atoms with E-state index in [1.807, 2.05) is 47.0 Å². The number of aryl methyl sites for hydroxylation is 1. The van der Waals surface area contributed by atoms with Crippen LogP contribution in [0.3, 0.4) is 0 Å². The standard InChI is InChI=1S/C24H20BrF2N2O2.BrH/c25-18-8-10-19(11-9-18)28-15-24(30,17-6-12-20(13-7-17)31-23(26)27)29-21-4-2-1-3-16(21)5-14-22(28)29;/h1-4,6-13,23,30H,5,14-15H2;1H/q+1;/p-1. The second-order valence-corrected chi connectivity index (χ2v) is 8.58. The lowest BCUT2D eigenvalue weighted by molar-refractivity contribution is -0.594. The number of hydrogen-bond donors (Lipinski definition) is 1. The van der Waals surface area contributed by atoms with E-state index in [0.29, 0.717) is 12.1 Å². The number of nitrogens with zero attached hydrogens (tertiary/aromatic N) is 2. The van der Waals surface area contributed by atoms with Gasteiger partial charge in [-0.25, -0.2) is 4.90 Å². The average Bonchev–Trinajstić information content (AvgIpc) is 3.08. The molecule has 1 atom stereocenters. The van der Waals surface area contributed by atoms with Crippen LogP contribution in [0.15, 0.2) is 77.3 Å². The lowest BCUT2D eigenvalue weighted by Gasteiger charge is -2.26. The van der Waals surface area contributed by atoms with Crippen LogP contribution in [0.1, 0.15) is 17.5 Å². The van der Waals surface area contributed by atoms with Crippen LogP contribution >= 0.6 is 15.9 Å². The Morgan fingerprint density at radius 2 is 1.66 bits per heavy atom. The number of amidine groups is 1. The number of hydrogen-bond acceptors (Lipinski definition) is 3. The third kappa shape index (κ3) is 3.95. The molecule has 0 aromatic heterocycles. The first-order valence-corrected chi connectivity index (χ1v) is 10.8. The molecule has 0 radical (unpaired) electrons. The molecular formula is C24H20Br2F2N2O2. The van der Waals surface area contributed by atoms with Gasteiger partial charge in [0.2, 0.25) is 0 Å². The van der Waals surface area contributed by atoms with Crippen LogP contribution < -0.4 is 26.6 Å². The van der Waals surface area contributed by atoms with Crippen LogP contribution in [-0.4, -0.2) is 28.7 Å². The summed E-state index contributed by atoms with van der Waals surface area (Å²) in [5, 5.41) is 12.0. The zero-order chi connectivity index (χ0) is 21.6. The van der Waals surface area contributed by atoms with Crippen molar-refractivity contribution in [2.75, 3.05) is 11.4 Å². The quantitative estimate of drug-likeness (QED) is 0.494. The molecular weight excluding hydrogens is 546 g/mol. The van der Waals surface area contributed by atoms with Crippen LogP contribution in [0.25, 0.3) is 0 Å². The number of alkyl halides is 2. The van der Waals surface area contributed by atoms with Crippen molar-refractivity contribution in [3.8, 4) is 5.75 Å². The zero-order valence-corrected chi connectivity index (χ0v) is 20.1. The Hall–Kier alpha value is -2.29. The molecule has 2 heterocycles. The second kappa shape index (κ2) is 8.92. The molecule has 0 saturated carbocycles.